The van der Waals surface area contributed by atoms with Crippen LogP contribution in [-0.2, 0) is 6.54 Å². The predicted octanol–water partition coefficient (Wildman–Crippen LogP) is 1.31. The zero-order chi connectivity index (χ0) is 10.6. The van der Waals surface area contributed by atoms with Gasteiger partial charge in [0.15, 0.2) is 0 Å². The number of anilines is 1. The molecule has 14 heavy (non-hydrogen) atoms. The number of hydrogen-bond donors (Lipinski definition) is 2. The van der Waals surface area contributed by atoms with Crippen LogP contribution < -0.4 is 10.6 Å². The fourth-order valence-electron chi connectivity index (χ4n) is 1.49. The molecule has 1 atom stereocenters. The van der Waals surface area contributed by atoms with E-state index in [0.717, 1.165) is 17.8 Å². The second-order valence-corrected chi connectivity index (χ2v) is 3.29. The lowest BCUT2D eigenvalue weighted by Crippen LogP contribution is -2.32. The van der Waals surface area contributed by atoms with Crippen LogP contribution in [0.3, 0.4) is 0 Å². The van der Waals surface area contributed by atoms with Crippen LogP contribution in [0.1, 0.15) is 19.4 Å². The lowest BCUT2D eigenvalue weighted by Gasteiger charge is -2.26. The molecule has 0 saturated heterocycles. The highest BCUT2D eigenvalue weighted by Crippen LogP contribution is 2.16. The van der Waals surface area contributed by atoms with Crippen molar-refractivity contribution in [2.75, 3.05) is 11.4 Å². The van der Waals surface area contributed by atoms with E-state index in [9.17, 15) is 5.11 Å². The van der Waals surface area contributed by atoms with Crippen LogP contribution in [0.25, 0.3) is 0 Å². The van der Waals surface area contributed by atoms with Gasteiger partial charge in [-0.1, -0.05) is 12.1 Å². The molecular weight excluding hydrogens is 176 g/mol. The minimum atomic E-state index is -0.455. The Labute approximate surface area is 85.2 Å². The number of aliphatic hydroxyl groups excluding tert-OH is 1. The van der Waals surface area contributed by atoms with Gasteiger partial charge in [-0.15, -0.1) is 0 Å². The highest BCUT2D eigenvalue weighted by atomic mass is 16.3. The molecule has 78 valence electrons. The SMILES string of the molecule is CCN(c1ccc(CN)cc1)C(C)O. The smallest absolute Gasteiger partial charge is 0.124 e. The van der Waals surface area contributed by atoms with Crippen LogP contribution in [0.5, 0.6) is 0 Å². The number of rotatable bonds is 4. The third-order valence-corrected chi connectivity index (χ3v) is 2.30. The molecule has 3 N–H and O–H groups in total. The van der Waals surface area contributed by atoms with Crippen LogP contribution in [0.2, 0.25) is 0 Å². The monoisotopic (exact) mass is 194 g/mol. The summed E-state index contributed by atoms with van der Waals surface area (Å²) in [6.45, 7) is 5.13. The largest absolute Gasteiger partial charge is 0.374 e. The summed E-state index contributed by atoms with van der Waals surface area (Å²) in [6, 6.07) is 7.94. The molecule has 1 unspecified atom stereocenters. The van der Waals surface area contributed by atoms with Crippen molar-refractivity contribution >= 4 is 5.69 Å². The Balaban J connectivity index is 2.84. The molecule has 0 heterocycles. The zero-order valence-electron chi connectivity index (χ0n) is 8.77. The van der Waals surface area contributed by atoms with Crippen LogP contribution in [-0.4, -0.2) is 17.9 Å². The molecule has 0 aromatic heterocycles. The molecule has 3 nitrogen and oxygen atoms in total. The van der Waals surface area contributed by atoms with Crippen molar-refractivity contribution < 1.29 is 5.11 Å². The van der Waals surface area contributed by atoms with Gasteiger partial charge in [0.25, 0.3) is 0 Å². The fraction of sp³-hybridized carbons (Fsp3) is 0.455. The maximum Gasteiger partial charge on any atom is 0.124 e. The highest BCUT2D eigenvalue weighted by molar-refractivity contribution is 5.47. The summed E-state index contributed by atoms with van der Waals surface area (Å²) in [6.07, 6.45) is -0.455. The molecule has 0 spiro atoms. The van der Waals surface area contributed by atoms with E-state index in [-0.39, 0.29) is 0 Å². The molecule has 0 radical (unpaired) electrons. The normalized spacial score (nSPS) is 12.6. The molecule has 0 saturated carbocycles. The van der Waals surface area contributed by atoms with E-state index in [1.807, 2.05) is 36.1 Å². The Morgan fingerprint density at radius 2 is 1.93 bits per heavy atom. The van der Waals surface area contributed by atoms with Gasteiger partial charge in [-0.3, -0.25) is 0 Å². The lowest BCUT2D eigenvalue weighted by atomic mass is 10.2. The zero-order valence-corrected chi connectivity index (χ0v) is 8.77. The first-order valence-corrected chi connectivity index (χ1v) is 4.92. The molecule has 0 aliphatic rings. The minimum Gasteiger partial charge on any atom is -0.374 e. The topological polar surface area (TPSA) is 49.5 Å². The standard InChI is InChI=1S/C11H18N2O/c1-3-13(9(2)14)11-6-4-10(8-12)5-7-11/h4-7,9,14H,3,8,12H2,1-2H3. The second-order valence-electron chi connectivity index (χ2n) is 3.29. The van der Waals surface area contributed by atoms with Crippen LogP contribution in [0, 0.1) is 0 Å². The maximum atomic E-state index is 9.49. The first-order valence-electron chi connectivity index (χ1n) is 4.92. The van der Waals surface area contributed by atoms with E-state index in [4.69, 9.17) is 5.73 Å². The molecule has 0 aliphatic carbocycles. The number of nitrogens with zero attached hydrogens (tertiary/aromatic N) is 1. The molecule has 0 fully saturated rings. The van der Waals surface area contributed by atoms with E-state index < -0.39 is 6.23 Å². The summed E-state index contributed by atoms with van der Waals surface area (Å²) in [7, 11) is 0. The second kappa shape index (κ2) is 4.98. The first-order chi connectivity index (χ1) is 6.69. The van der Waals surface area contributed by atoms with Gasteiger partial charge in [0, 0.05) is 18.8 Å². The molecule has 0 aliphatic heterocycles. The molecule has 0 bridgehead atoms. The van der Waals surface area contributed by atoms with E-state index in [2.05, 4.69) is 0 Å². The van der Waals surface area contributed by atoms with Crippen molar-refractivity contribution in [2.24, 2.45) is 5.73 Å². The van der Waals surface area contributed by atoms with E-state index in [1.165, 1.54) is 0 Å². The summed E-state index contributed by atoms with van der Waals surface area (Å²) in [5.74, 6) is 0. The Kier molecular flexibility index (Phi) is 3.92. The van der Waals surface area contributed by atoms with Gasteiger partial charge in [0.05, 0.1) is 0 Å². The number of benzene rings is 1. The maximum absolute atomic E-state index is 9.49. The molecule has 1 rings (SSSR count). The van der Waals surface area contributed by atoms with Crippen molar-refractivity contribution in [1.29, 1.82) is 0 Å². The molecule has 3 heteroatoms. The Hall–Kier alpha value is -1.06. The van der Waals surface area contributed by atoms with Crippen molar-refractivity contribution in [2.45, 2.75) is 26.6 Å². The average molecular weight is 194 g/mol. The van der Waals surface area contributed by atoms with Crippen molar-refractivity contribution in [3.05, 3.63) is 29.8 Å². The molecule has 0 amide bonds. The minimum absolute atomic E-state index is 0.455. The van der Waals surface area contributed by atoms with Crippen LogP contribution >= 0.6 is 0 Å². The van der Waals surface area contributed by atoms with Crippen molar-refractivity contribution in [3.8, 4) is 0 Å². The van der Waals surface area contributed by atoms with Crippen molar-refractivity contribution in [3.63, 3.8) is 0 Å². The summed E-state index contributed by atoms with van der Waals surface area (Å²) >= 11 is 0. The van der Waals surface area contributed by atoms with Crippen LogP contribution in [0.4, 0.5) is 5.69 Å². The van der Waals surface area contributed by atoms with Gasteiger partial charge < -0.3 is 15.7 Å². The van der Waals surface area contributed by atoms with Gasteiger partial charge in [-0.25, -0.2) is 0 Å². The van der Waals surface area contributed by atoms with E-state index >= 15 is 0 Å². The first kappa shape index (κ1) is 11.0. The Morgan fingerprint density at radius 1 is 1.36 bits per heavy atom. The molecule has 1 aromatic carbocycles. The van der Waals surface area contributed by atoms with Gasteiger partial charge in [0.2, 0.25) is 0 Å². The number of nitrogens with two attached hydrogens (primary N) is 1. The lowest BCUT2D eigenvalue weighted by molar-refractivity contribution is 0.190. The third kappa shape index (κ3) is 2.47. The fourth-order valence-corrected chi connectivity index (χ4v) is 1.49. The molecule has 1 aromatic rings. The summed E-state index contributed by atoms with van der Waals surface area (Å²) in [5.41, 5.74) is 7.64. The average Bonchev–Trinajstić information content (AvgIpc) is 2.19. The number of aliphatic hydroxyl groups is 1. The third-order valence-electron chi connectivity index (χ3n) is 2.30. The van der Waals surface area contributed by atoms with Gasteiger partial charge in [-0.2, -0.15) is 0 Å². The van der Waals surface area contributed by atoms with Gasteiger partial charge in [0.1, 0.15) is 6.23 Å². The summed E-state index contributed by atoms with van der Waals surface area (Å²) < 4.78 is 0. The Bertz CT molecular complexity index is 269. The van der Waals surface area contributed by atoms with E-state index in [0.29, 0.717) is 6.54 Å². The Morgan fingerprint density at radius 3 is 2.29 bits per heavy atom. The van der Waals surface area contributed by atoms with Crippen LogP contribution in [0.15, 0.2) is 24.3 Å². The summed E-state index contributed by atoms with van der Waals surface area (Å²) in [4.78, 5) is 1.92. The number of hydrogen-bond acceptors (Lipinski definition) is 3. The highest BCUT2D eigenvalue weighted by Gasteiger charge is 2.08. The predicted molar refractivity (Wildman–Crippen MR) is 59.0 cm³/mol. The quantitative estimate of drug-likeness (QED) is 0.710. The van der Waals surface area contributed by atoms with E-state index in [1.54, 1.807) is 6.92 Å². The van der Waals surface area contributed by atoms with Gasteiger partial charge in [-0.05, 0) is 31.5 Å². The van der Waals surface area contributed by atoms with Gasteiger partial charge >= 0.3 is 0 Å². The van der Waals surface area contributed by atoms with Crippen molar-refractivity contribution in [1.82, 2.24) is 0 Å². The summed E-state index contributed by atoms with van der Waals surface area (Å²) in [5, 5.41) is 9.49. The molecular formula is C11H18N2O.